The smallest absolute Gasteiger partial charge is 0.178 e. The molecule has 1 unspecified atom stereocenters. The molecule has 0 saturated carbocycles. The summed E-state index contributed by atoms with van der Waals surface area (Å²) in [6.07, 6.45) is 1.03. The minimum atomic E-state index is 0.206. The van der Waals surface area contributed by atoms with E-state index in [1.54, 1.807) is 0 Å². The van der Waals surface area contributed by atoms with E-state index in [1.807, 2.05) is 19.9 Å². The molecule has 0 radical (unpaired) electrons. The maximum atomic E-state index is 12.3. The number of carbonyl (C=O) groups is 1. The van der Waals surface area contributed by atoms with Crippen molar-refractivity contribution in [1.82, 2.24) is 9.88 Å². The van der Waals surface area contributed by atoms with Crippen LogP contribution in [0.5, 0.6) is 0 Å². The Balaban J connectivity index is 2.04. The number of nitrogens with one attached hydrogen (secondary N) is 1. The first-order valence-corrected chi connectivity index (χ1v) is 6.63. The van der Waals surface area contributed by atoms with Crippen molar-refractivity contribution in [2.24, 2.45) is 0 Å². The minimum absolute atomic E-state index is 0.206. The lowest BCUT2D eigenvalue weighted by molar-refractivity contribution is -0.00586. The molecule has 1 fully saturated rings. The number of ketones is 1. The van der Waals surface area contributed by atoms with E-state index in [1.165, 1.54) is 0 Å². The summed E-state index contributed by atoms with van der Waals surface area (Å²) in [7, 11) is 0. The first-order chi connectivity index (χ1) is 8.61. The fourth-order valence-corrected chi connectivity index (χ4v) is 2.56. The molecule has 1 aromatic heterocycles. The van der Waals surface area contributed by atoms with E-state index in [9.17, 15) is 4.79 Å². The van der Waals surface area contributed by atoms with E-state index in [4.69, 9.17) is 4.74 Å². The van der Waals surface area contributed by atoms with E-state index >= 15 is 0 Å². The Labute approximate surface area is 108 Å². The predicted molar refractivity (Wildman–Crippen MR) is 71.1 cm³/mol. The van der Waals surface area contributed by atoms with Crippen molar-refractivity contribution in [2.45, 2.75) is 33.2 Å². The second-order valence-corrected chi connectivity index (χ2v) is 5.02. The highest BCUT2D eigenvalue weighted by Gasteiger charge is 2.24. The van der Waals surface area contributed by atoms with Crippen LogP contribution in [0.1, 0.15) is 35.1 Å². The van der Waals surface area contributed by atoms with Gasteiger partial charge in [0, 0.05) is 29.5 Å². The Hall–Kier alpha value is -1.13. The molecule has 1 saturated heterocycles. The van der Waals surface area contributed by atoms with Crippen LogP contribution >= 0.6 is 0 Å². The van der Waals surface area contributed by atoms with Crippen LogP contribution in [-0.2, 0) is 4.74 Å². The second kappa shape index (κ2) is 5.67. The number of nitrogens with zero attached hydrogens (tertiary/aromatic N) is 1. The number of aromatic amines is 1. The number of carbonyl (C=O) groups excluding carboxylic acids is 1. The molecule has 1 N–H and O–H groups in total. The van der Waals surface area contributed by atoms with E-state index < -0.39 is 0 Å². The number of hydrogen-bond donors (Lipinski definition) is 1. The lowest BCUT2D eigenvalue weighted by atomic mass is 10.1. The molecular weight excluding hydrogens is 228 g/mol. The summed E-state index contributed by atoms with van der Waals surface area (Å²) in [6, 6.07) is 2.32. The SMILES string of the molecule is CCC1COCCN1CC(=O)c1cc(C)[nH]c1C. The van der Waals surface area contributed by atoms with Crippen molar-refractivity contribution < 1.29 is 9.53 Å². The lowest BCUT2D eigenvalue weighted by Crippen LogP contribution is -2.47. The van der Waals surface area contributed by atoms with Gasteiger partial charge in [0.15, 0.2) is 5.78 Å². The monoisotopic (exact) mass is 250 g/mol. The molecular formula is C14H22N2O2. The number of aryl methyl sites for hydroxylation is 2. The normalized spacial score (nSPS) is 21.2. The van der Waals surface area contributed by atoms with Gasteiger partial charge in [0.05, 0.1) is 19.8 Å². The van der Waals surface area contributed by atoms with Crippen LogP contribution in [0, 0.1) is 13.8 Å². The average Bonchev–Trinajstić information content (AvgIpc) is 2.69. The van der Waals surface area contributed by atoms with Gasteiger partial charge < -0.3 is 9.72 Å². The molecule has 0 spiro atoms. The largest absolute Gasteiger partial charge is 0.378 e. The molecule has 1 aliphatic heterocycles. The highest BCUT2D eigenvalue weighted by atomic mass is 16.5. The highest BCUT2D eigenvalue weighted by molar-refractivity contribution is 5.98. The maximum absolute atomic E-state index is 12.3. The van der Waals surface area contributed by atoms with Crippen LogP contribution in [-0.4, -0.2) is 48.0 Å². The van der Waals surface area contributed by atoms with Crippen molar-refractivity contribution in [2.75, 3.05) is 26.3 Å². The van der Waals surface area contributed by atoms with Crippen LogP contribution in [0.25, 0.3) is 0 Å². The van der Waals surface area contributed by atoms with Gasteiger partial charge in [0.1, 0.15) is 0 Å². The number of H-pyrrole nitrogens is 1. The Bertz CT molecular complexity index is 425. The van der Waals surface area contributed by atoms with E-state index in [0.29, 0.717) is 12.6 Å². The Morgan fingerprint density at radius 2 is 2.33 bits per heavy atom. The van der Waals surface area contributed by atoms with Gasteiger partial charge in [-0.3, -0.25) is 9.69 Å². The number of aromatic nitrogens is 1. The minimum Gasteiger partial charge on any atom is -0.378 e. The summed E-state index contributed by atoms with van der Waals surface area (Å²) < 4.78 is 5.46. The molecule has 1 atom stereocenters. The number of ether oxygens (including phenoxy) is 1. The first-order valence-electron chi connectivity index (χ1n) is 6.63. The number of morpholine rings is 1. The summed E-state index contributed by atoms with van der Waals surface area (Å²) >= 11 is 0. The van der Waals surface area contributed by atoms with Gasteiger partial charge in [-0.2, -0.15) is 0 Å². The molecule has 0 bridgehead atoms. The zero-order valence-electron chi connectivity index (χ0n) is 11.5. The van der Waals surface area contributed by atoms with E-state index in [2.05, 4.69) is 16.8 Å². The molecule has 2 rings (SSSR count). The Morgan fingerprint density at radius 1 is 1.56 bits per heavy atom. The van der Waals surface area contributed by atoms with Crippen LogP contribution < -0.4 is 0 Å². The van der Waals surface area contributed by atoms with Gasteiger partial charge in [-0.15, -0.1) is 0 Å². The fraction of sp³-hybridized carbons (Fsp3) is 0.643. The van der Waals surface area contributed by atoms with E-state index in [0.717, 1.165) is 43.1 Å². The van der Waals surface area contributed by atoms with Gasteiger partial charge in [-0.05, 0) is 26.3 Å². The molecule has 1 aromatic rings. The van der Waals surface area contributed by atoms with Crippen molar-refractivity contribution in [3.8, 4) is 0 Å². The summed E-state index contributed by atoms with van der Waals surface area (Å²) in [6.45, 7) is 8.91. The second-order valence-electron chi connectivity index (χ2n) is 5.02. The topological polar surface area (TPSA) is 45.3 Å². The summed E-state index contributed by atoms with van der Waals surface area (Å²) in [5.74, 6) is 0.206. The van der Waals surface area contributed by atoms with Crippen molar-refractivity contribution in [3.63, 3.8) is 0 Å². The molecule has 18 heavy (non-hydrogen) atoms. The predicted octanol–water partition coefficient (Wildman–Crippen LogP) is 1.93. The number of rotatable bonds is 4. The molecule has 4 nitrogen and oxygen atoms in total. The van der Waals surface area contributed by atoms with Crippen LogP contribution in [0.15, 0.2) is 6.07 Å². The van der Waals surface area contributed by atoms with Crippen LogP contribution in [0.4, 0.5) is 0 Å². The van der Waals surface area contributed by atoms with Crippen molar-refractivity contribution in [1.29, 1.82) is 0 Å². The van der Waals surface area contributed by atoms with Gasteiger partial charge in [-0.25, -0.2) is 0 Å². The van der Waals surface area contributed by atoms with Gasteiger partial charge in [0.25, 0.3) is 0 Å². The average molecular weight is 250 g/mol. The summed E-state index contributed by atoms with van der Waals surface area (Å²) in [5.41, 5.74) is 2.84. The van der Waals surface area contributed by atoms with Crippen LogP contribution in [0.3, 0.4) is 0 Å². The number of hydrogen-bond acceptors (Lipinski definition) is 3. The molecule has 0 aromatic carbocycles. The first kappa shape index (κ1) is 13.3. The maximum Gasteiger partial charge on any atom is 0.178 e. The zero-order chi connectivity index (χ0) is 13.1. The van der Waals surface area contributed by atoms with Crippen LogP contribution in [0.2, 0.25) is 0 Å². The Morgan fingerprint density at radius 3 is 2.94 bits per heavy atom. The third kappa shape index (κ3) is 2.82. The quantitative estimate of drug-likeness (QED) is 0.830. The van der Waals surface area contributed by atoms with Crippen molar-refractivity contribution >= 4 is 5.78 Å². The van der Waals surface area contributed by atoms with Crippen molar-refractivity contribution in [3.05, 3.63) is 23.0 Å². The zero-order valence-corrected chi connectivity index (χ0v) is 11.5. The van der Waals surface area contributed by atoms with Gasteiger partial charge in [0.2, 0.25) is 0 Å². The van der Waals surface area contributed by atoms with E-state index in [-0.39, 0.29) is 5.78 Å². The molecule has 4 heteroatoms. The Kier molecular flexibility index (Phi) is 4.19. The third-order valence-electron chi connectivity index (χ3n) is 3.62. The summed E-state index contributed by atoms with van der Waals surface area (Å²) in [4.78, 5) is 17.7. The van der Waals surface area contributed by atoms with Gasteiger partial charge >= 0.3 is 0 Å². The lowest BCUT2D eigenvalue weighted by Gasteiger charge is -2.34. The fourth-order valence-electron chi connectivity index (χ4n) is 2.56. The standard InChI is InChI=1S/C14H22N2O2/c1-4-12-9-18-6-5-16(12)8-14(17)13-7-10(2)15-11(13)3/h7,12,15H,4-6,8-9H2,1-3H3. The molecule has 2 heterocycles. The highest BCUT2D eigenvalue weighted by Crippen LogP contribution is 2.14. The number of Topliss-reactive ketones (excluding diaryl/α,β-unsaturated/α-hetero) is 1. The molecule has 0 amide bonds. The molecule has 0 aliphatic carbocycles. The molecule has 1 aliphatic rings. The van der Waals surface area contributed by atoms with Gasteiger partial charge in [-0.1, -0.05) is 6.92 Å². The summed E-state index contributed by atoms with van der Waals surface area (Å²) in [5, 5.41) is 0. The third-order valence-corrected chi connectivity index (χ3v) is 3.62. The molecule has 100 valence electrons.